The summed E-state index contributed by atoms with van der Waals surface area (Å²) >= 11 is 0. The molecule has 3 rings (SSSR count). The maximum atomic E-state index is 12.1. The Bertz CT molecular complexity index is 740. The minimum Gasteiger partial charge on any atom is -0.346 e. The topological polar surface area (TPSA) is 90.6 Å². The van der Waals surface area contributed by atoms with Crippen LogP contribution in [0.4, 0.5) is 0 Å². The van der Waals surface area contributed by atoms with E-state index >= 15 is 0 Å². The monoisotopic (exact) mass is 286 g/mol. The van der Waals surface area contributed by atoms with Crippen LogP contribution in [0.25, 0.3) is 0 Å². The lowest BCUT2D eigenvalue weighted by Gasteiger charge is -2.07. The first-order valence-corrected chi connectivity index (χ1v) is 7.07. The van der Waals surface area contributed by atoms with Crippen molar-refractivity contribution in [2.45, 2.75) is 39.2 Å². The van der Waals surface area contributed by atoms with Crippen LogP contribution in [0.3, 0.4) is 0 Å². The van der Waals surface area contributed by atoms with Gasteiger partial charge in [0.15, 0.2) is 0 Å². The van der Waals surface area contributed by atoms with Crippen molar-refractivity contribution in [2.24, 2.45) is 0 Å². The number of aromatic amines is 2. The fourth-order valence-electron chi connectivity index (χ4n) is 2.42. The van der Waals surface area contributed by atoms with E-state index in [2.05, 4.69) is 20.5 Å². The Kier molecular flexibility index (Phi) is 3.37. The van der Waals surface area contributed by atoms with E-state index in [1.54, 1.807) is 6.07 Å². The first kappa shape index (κ1) is 13.6. The van der Waals surface area contributed by atoms with Crippen LogP contribution in [-0.2, 0) is 6.54 Å². The minimum absolute atomic E-state index is 0.159. The summed E-state index contributed by atoms with van der Waals surface area (Å²) in [6.45, 7) is 3.90. The van der Waals surface area contributed by atoms with Gasteiger partial charge in [-0.15, -0.1) is 0 Å². The van der Waals surface area contributed by atoms with Gasteiger partial charge in [-0.1, -0.05) is 0 Å². The lowest BCUT2D eigenvalue weighted by atomic mass is 10.1. The van der Waals surface area contributed by atoms with Gasteiger partial charge in [0.25, 0.3) is 11.5 Å². The Labute approximate surface area is 122 Å². The molecule has 1 fully saturated rings. The summed E-state index contributed by atoms with van der Waals surface area (Å²) in [7, 11) is 0. The highest BCUT2D eigenvalue weighted by Gasteiger charge is 2.26. The van der Waals surface area contributed by atoms with E-state index < -0.39 is 0 Å². The summed E-state index contributed by atoms with van der Waals surface area (Å²) in [6, 6.07) is 3.68. The number of hydrogen-bond donors (Lipinski definition) is 3. The van der Waals surface area contributed by atoms with Crippen molar-refractivity contribution in [3.05, 3.63) is 50.7 Å². The molecule has 2 heterocycles. The molecule has 0 saturated heterocycles. The lowest BCUT2D eigenvalue weighted by molar-refractivity contribution is 0.0945. The molecule has 2 aromatic rings. The van der Waals surface area contributed by atoms with Gasteiger partial charge in [0, 0.05) is 29.4 Å². The average molecular weight is 286 g/mol. The standard InChI is InChI=1S/C15H18N4O2/c1-8-5-9(2)17-14(20)11(8)7-16-15(21)13-6-12(18-19-13)10-3-4-10/h5-6,10H,3-4,7H2,1-2H3,(H,16,21)(H,17,20)(H,18,19). The maximum Gasteiger partial charge on any atom is 0.272 e. The third kappa shape index (κ3) is 2.89. The molecule has 0 radical (unpaired) electrons. The molecule has 3 N–H and O–H groups in total. The van der Waals surface area contributed by atoms with Crippen molar-refractivity contribution >= 4 is 5.91 Å². The van der Waals surface area contributed by atoms with Crippen molar-refractivity contribution in [2.75, 3.05) is 0 Å². The van der Waals surface area contributed by atoms with Crippen molar-refractivity contribution in [1.82, 2.24) is 20.5 Å². The third-order valence-electron chi connectivity index (χ3n) is 3.77. The van der Waals surface area contributed by atoms with Gasteiger partial charge in [-0.05, 0) is 44.4 Å². The van der Waals surface area contributed by atoms with Crippen LogP contribution >= 0.6 is 0 Å². The Hall–Kier alpha value is -2.37. The highest BCUT2D eigenvalue weighted by Crippen LogP contribution is 2.38. The Balaban J connectivity index is 1.69. The lowest BCUT2D eigenvalue weighted by Crippen LogP contribution is -2.28. The van der Waals surface area contributed by atoms with Crippen LogP contribution in [-0.4, -0.2) is 21.1 Å². The fourth-order valence-corrected chi connectivity index (χ4v) is 2.42. The molecule has 2 aromatic heterocycles. The second kappa shape index (κ2) is 5.20. The van der Waals surface area contributed by atoms with Crippen molar-refractivity contribution < 1.29 is 4.79 Å². The summed E-state index contributed by atoms with van der Waals surface area (Å²) < 4.78 is 0. The van der Waals surface area contributed by atoms with Crippen LogP contribution in [0, 0.1) is 13.8 Å². The van der Waals surface area contributed by atoms with Gasteiger partial charge in [-0.2, -0.15) is 5.10 Å². The van der Waals surface area contributed by atoms with Gasteiger partial charge in [0.1, 0.15) is 5.69 Å². The van der Waals surface area contributed by atoms with E-state index in [1.165, 1.54) is 0 Å². The maximum absolute atomic E-state index is 12.1. The number of hydrogen-bond acceptors (Lipinski definition) is 3. The number of nitrogens with zero attached hydrogens (tertiary/aromatic N) is 1. The number of carbonyl (C=O) groups is 1. The molecule has 0 unspecified atom stereocenters. The smallest absolute Gasteiger partial charge is 0.272 e. The van der Waals surface area contributed by atoms with Crippen LogP contribution in [0.2, 0.25) is 0 Å². The van der Waals surface area contributed by atoms with E-state index in [0.717, 1.165) is 29.8 Å². The normalized spacial score (nSPS) is 14.2. The molecule has 0 aromatic carbocycles. The molecule has 0 aliphatic heterocycles. The Morgan fingerprint density at radius 1 is 1.38 bits per heavy atom. The van der Waals surface area contributed by atoms with Gasteiger partial charge >= 0.3 is 0 Å². The number of amides is 1. The number of pyridine rings is 1. The SMILES string of the molecule is Cc1cc(C)c(CNC(=O)c2cc(C3CC3)[nH]n2)c(=O)[nH]1. The fraction of sp³-hybridized carbons (Fsp3) is 0.400. The summed E-state index contributed by atoms with van der Waals surface area (Å²) in [5, 5.41) is 9.67. The van der Waals surface area contributed by atoms with Crippen LogP contribution in [0.1, 0.15) is 51.8 Å². The van der Waals surface area contributed by atoms with E-state index in [0.29, 0.717) is 17.2 Å². The molecule has 6 heteroatoms. The number of aryl methyl sites for hydroxylation is 2. The van der Waals surface area contributed by atoms with E-state index in [4.69, 9.17) is 0 Å². The van der Waals surface area contributed by atoms with Crippen molar-refractivity contribution in [3.8, 4) is 0 Å². The molecular weight excluding hydrogens is 268 g/mol. The van der Waals surface area contributed by atoms with Crippen LogP contribution < -0.4 is 10.9 Å². The first-order valence-electron chi connectivity index (χ1n) is 7.07. The number of nitrogens with one attached hydrogen (secondary N) is 3. The molecule has 0 atom stereocenters. The number of aromatic nitrogens is 3. The van der Waals surface area contributed by atoms with Gasteiger partial charge in [0.2, 0.25) is 0 Å². The van der Waals surface area contributed by atoms with Gasteiger partial charge < -0.3 is 10.3 Å². The minimum atomic E-state index is -0.266. The first-order chi connectivity index (χ1) is 10.0. The van der Waals surface area contributed by atoms with Crippen molar-refractivity contribution in [1.29, 1.82) is 0 Å². The zero-order valence-corrected chi connectivity index (χ0v) is 12.1. The second-order valence-corrected chi connectivity index (χ2v) is 5.61. The third-order valence-corrected chi connectivity index (χ3v) is 3.77. The summed E-state index contributed by atoms with van der Waals surface area (Å²) in [5.41, 5.74) is 3.49. The summed E-state index contributed by atoms with van der Waals surface area (Å²) in [4.78, 5) is 26.7. The second-order valence-electron chi connectivity index (χ2n) is 5.61. The summed E-state index contributed by atoms with van der Waals surface area (Å²) in [5.74, 6) is 0.263. The quantitative estimate of drug-likeness (QED) is 0.796. The zero-order chi connectivity index (χ0) is 15.0. The highest BCUT2D eigenvalue weighted by atomic mass is 16.2. The predicted molar refractivity (Wildman–Crippen MR) is 78.3 cm³/mol. The molecule has 0 spiro atoms. The molecule has 1 aliphatic rings. The van der Waals surface area contributed by atoms with Gasteiger partial charge in [0.05, 0.1) is 0 Å². The molecule has 21 heavy (non-hydrogen) atoms. The molecule has 6 nitrogen and oxygen atoms in total. The zero-order valence-electron chi connectivity index (χ0n) is 12.1. The molecule has 1 saturated carbocycles. The Morgan fingerprint density at radius 2 is 2.14 bits per heavy atom. The molecule has 1 aliphatic carbocycles. The molecular formula is C15H18N4O2. The highest BCUT2D eigenvalue weighted by molar-refractivity contribution is 5.92. The van der Waals surface area contributed by atoms with Gasteiger partial charge in [-0.25, -0.2) is 0 Å². The molecule has 110 valence electrons. The van der Waals surface area contributed by atoms with E-state index in [1.807, 2.05) is 19.9 Å². The predicted octanol–water partition coefficient (Wildman–Crippen LogP) is 1.52. The summed E-state index contributed by atoms with van der Waals surface area (Å²) in [6.07, 6.45) is 2.31. The molecule has 0 bridgehead atoms. The van der Waals surface area contributed by atoms with Gasteiger partial charge in [-0.3, -0.25) is 14.7 Å². The largest absolute Gasteiger partial charge is 0.346 e. The molecule has 1 amide bonds. The van der Waals surface area contributed by atoms with Crippen LogP contribution in [0.5, 0.6) is 0 Å². The van der Waals surface area contributed by atoms with E-state index in [9.17, 15) is 9.59 Å². The van der Waals surface area contributed by atoms with E-state index in [-0.39, 0.29) is 18.0 Å². The van der Waals surface area contributed by atoms with Crippen molar-refractivity contribution in [3.63, 3.8) is 0 Å². The number of carbonyl (C=O) groups excluding carboxylic acids is 1. The number of H-pyrrole nitrogens is 2. The average Bonchev–Trinajstić information content (AvgIpc) is 3.15. The van der Waals surface area contributed by atoms with Crippen LogP contribution in [0.15, 0.2) is 16.9 Å². The Morgan fingerprint density at radius 3 is 2.81 bits per heavy atom. The number of rotatable bonds is 4.